The van der Waals surface area contributed by atoms with Crippen molar-refractivity contribution < 1.29 is 14.3 Å². The highest BCUT2D eigenvalue weighted by Crippen LogP contribution is 2.26. The molecule has 112 valence electrons. The summed E-state index contributed by atoms with van der Waals surface area (Å²) in [5, 5.41) is 4.38. The van der Waals surface area contributed by atoms with Gasteiger partial charge in [0.25, 0.3) is 0 Å². The topological polar surface area (TPSA) is 53.4 Å². The molecule has 0 saturated carbocycles. The molecule has 2 aromatic rings. The van der Waals surface area contributed by atoms with E-state index in [9.17, 15) is 4.79 Å². The Morgan fingerprint density at radius 3 is 2.67 bits per heavy atom. The maximum atomic E-state index is 11.7. The van der Waals surface area contributed by atoms with Gasteiger partial charge in [0.05, 0.1) is 24.1 Å². The Bertz CT molecular complexity index is 647. The molecule has 0 aliphatic rings. The molecule has 1 aromatic heterocycles. The van der Waals surface area contributed by atoms with E-state index in [1.165, 1.54) is 6.92 Å². The third-order valence-corrected chi connectivity index (χ3v) is 3.33. The molecule has 0 atom stereocenters. The summed E-state index contributed by atoms with van der Waals surface area (Å²) in [5.74, 6) is 1.15. The van der Waals surface area contributed by atoms with E-state index in [4.69, 9.17) is 9.47 Å². The van der Waals surface area contributed by atoms with Crippen molar-refractivity contribution >= 4 is 5.78 Å². The Balaban J connectivity index is 2.21. The third kappa shape index (κ3) is 3.42. The minimum absolute atomic E-state index is 0.0353. The van der Waals surface area contributed by atoms with Crippen molar-refractivity contribution in [3.05, 3.63) is 41.2 Å². The molecule has 0 N–H and O–H groups in total. The number of aromatic nitrogens is 2. The van der Waals surface area contributed by atoms with Crippen LogP contribution < -0.4 is 9.47 Å². The van der Waals surface area contributed by atoms with Crippen LogP contribution in [0.5, 0.6) is 11.5 Å². The summed E-state index contributed by atoms with van der Waals surface area (Å²) in [6, 6.07) is 7.21. The van der Waals surface area contributed by atoms with Crippen molar-refractivity contribution in [1.29, 1.82) is 0 Å². The molecule has 0 aliphatic carbocycles. The summed E-state index contributed by atoms with van der Waals surface area (Å²) >= 11 is 0. The van der Waals surface area contributed by atoms with Crippen LogP contribution in [-0.2, 0) is 20.1 Å². The van der Waals surface area contributed by atoms with Crippen LogP contribution in [0.1, 0.15) is 35.6 Å². The third-order valence-electron chi connectivity index (χ3n) is 3.33. The maximum absolute atomic E-state index is 11.7. The fraction of sp³-hybridized carbons (Fsp3) is 0.375. The van der Waals surface area contributed by atoms with Crippen LogP contribution in [-0.4, -0.2) is 22.7 Å². The standard InChI is InChI=1S/C16H20N2O3/c1-5-12-8-13(18(3)17-12)10-21-16-9-14(20-4)6-7-15(16)11(2)19/h6-9H,5,10H2,1-4H3. The van der Waals surface area contributed by atoms with E-state index in [0.717, 1.165) is 17.8 Å². The van der Waals surface area contributed by atoms with Gasteiger partial charge in [0.1, 0.15) is 18.1 Å². The molecule has 1 heterocycles. The average molecular weight is 288 g/mol. The first-order valence-electron chi connectivity index (χ1n) is 6.88. The van der Waals surface area contributed by atoms with Crippen molar-refractivity contribution in [1.82, 2.24) is 9.78 Å². The lowest BCUT2D eigenvalue weighted by atomic mass is 10.1. The molecular weight excluding hydrogens is 268 g/mol. The lowest BCUT2D eigenvalue weighted by Gasteiger charge is -2.11. The van der Waals surface area contributed by atoms with Crippen LogP contribution in [0.3, 0.4) is 0 Å². The summed E-state index contributed by atoms with van der Waals surface area (Å²) in [4.78, 5) is 11.7. The number of methoxy groups -OCH3 is 1. The Morgan fingerprint density at radius 2 is 2.10 bits per heavy atom. The number of rotatable bonds is 6. The number of ether oxygens (including phenoxy) is 2. The van der Waals surface area contributed by atoms with E-state index in [-0.39, 0.29) is 5.78 Å². The summed E-state index contributed by atoms with van der Waals surface area (Å²) in [6.07, 6.45) is 0.881. The maximum Gasteiger partial charge on any atom is 0.163 e. The van der Waals surface area contributed by atoms with Gasteiger partial charge in [0, 0.05) is 13.1 Å². The molecule has 0 spiro atoms. The first-order valence-corrected chi connectivity index (χ1v) is 6.88. The normalized spacial score (nSPS) is 10.5. The molecule has 0 saturated heterocycles. The van der Waals surface area contributed by atoms with Crippen molar-refractivity contribution in [2.45, 2.75) is 26.9 Å². The van der Waals surface area contributed by atoms with Gasteiger partial charge >= 0.3 is 0 Å². The number of ketones is 1. The van der Waals surface area contributed by atoms with Crippen molar-refractivity contribution in [3.8, 4) is 11.5 Å². The Labute approximate surface area is 124 Å². The second-order valence-corrected chi connectivity index (χ2v) is 4.81. The molecule has 0 amide bonds. The van der Waals surface area contributed by atoms with E-state index >= 15 is 0 Å². The number of hydrogen-bond donors (Lipinski definition) is 0. The molecule has 2 rings (SSSR count). The second kappa shape index (κ2) is 6.43. The highest BCUT2D eigenvalue weighted by Gasteiger charge is 2.12. The van der Waals surface area contributed by atoms with E-state index in [0.29, 0.717) is 23.7 Å². The largest absolute Gasteiger partial charge is 0.497 e. The van der Waals surface area contributed by atoms with Crippen molar-refractivity contribution in [3.63, 3.8) is 0 Å². The number of nitrogens with zero attached hydrogens (tertiary/aromatic N) is 2. The van der Waals surface area contributed by atoms with Gasteiger partial charge in [-0.15, -0.1) is 0 Å². The van der Waals surface area contributed by atoms with Gasteiger partial charge in [0.2, 0.25) is 0 Å². The van der Waals surface area contributed by atoms with Gasteiger partial charge in [-0.3, -0.25) is 9.48 Å². The predicted molar refractivity (Wildman–Crippen MR) is 79.9 cm³/mol. The van der Waals surface area contributed by atoms with E-state index in [2.05, 4.69) is 12.0 Å². The first kappa shape index (κ1) is 15.1. The molecular formula is C16H20N2O3. The molecule has 5 nitrogen and oxygen atoms in total. The summed E-state index contributed by atoms with van der Waals surface area (Å²) < 4.78 is 12.8. The summed E-state index contributed by atoms with van der Waals surface area (Å²) in [7, 11) is 3.47. The number of carbonyl (C=O) groups is 1. The van der Waals surface area contributed by atoms with Gasteiger partial charge < -0.3 is 9.47 Å². The van der Waals surface area contributed by atoms with E-state index in [1.54, 1.807) is 30.0 Å². The quantitative estimate of drug-likeness (QED) is 0.767. The summed E-state index contributed by atoms with van der Waals surface area (Å²) in [6.45, 7) is 3.94. The van der Waals surface area contributed by atoms with Crippen LogP contribution in [0.4, 0.5) is 0 Å². The number of carbonyl (C=O) groups excluding carboxylic acids is 1. The zero-order valence-corrected chi connectivity index (χ0v) is 12.8. The van der Waals surface area contributed by atoms with E-state index in [1.807, 2.05) is 13.1 Å². The fourth-order valence-corrected chi connectivity index (χ4v) is 2.07. The highest BCUT2D eigenvalue weighted by atomic mass is 16.5. The molecule has 21 heavy (non-hydrogen) atoms. The van der Waals surface area contributed by atoms with Gasteiger partial charge in [-0.1, -0.05) is 6.92 Å². The first-order chi connectivity index (χ1) is 10.0. The minimum Gasteiger partial charge on any atom is -0.497 e. The Hall–Kier alpha value is -2.30. The molecule has 5 heteroatoms. The zero-order valence-electron chi connectivity index (χ0n) is 12.8. The molecule has 1 aromatic carbocycles. The zero-order chi connectivity index (χ0) is 15.4. The van der Waals surface area contributed by atoms with Crippen LogP contribution in [0.2, 0.25) is 0 Å². The SMILES string of the molecule is CCc1cc(COc2cc(OC)ccc2C(C)=O)n(C)n1. The molecule has 0 unspecified atom stereocenters. The van der Waals surface area contributed by atoms with Crippen LogP contribution in [0.15, 0.2) is 24.3 Å². The van der Waals surface area contributed by atoms with Gasteiger partial charge in [-0.25, -0.2) is 0 Å². The minimum atomic E-state index is -0.0353. The summed E-state index contributed by atoms with van der Waals surface area (Å²) in [5.41, 5.74) is 2.53. The molecule has 0 fully saturated rings. The molecule has 0 aliphatic heterocycles. The van der Waals surface area contributed by atoms with Crippen LogP contribution in [0.25, 0.3) is 0 Å². The van der Waals surface area contributed by atoms with E-state index < -0.39 is 0 Å². The number of Topliss-reactive ketones (excluding diaryl/α,β-unsaturated/α-hetero) is 1. The molecule has 0 bridgehead atoms. The van der Waals surface area contributed by atoms with Crippen molar-refractivity contribution in [2.75, 3.05) is 7.11 Å². The molecule has 0 radical (unpaired) electrons. The van der Waals surface area contributed by atoms with Crippen molar-refractivity contribution in [2.24, 2.45) is 7.05 Å². The highest BCUT2D eigenvalue weighted by molar-refractivity contribution is 5.97. The lowest BCUT2D eigenvalue weighted by Crippen LogP contribution is -2.06. The second-order valence-electron chi connectivity index (χ2n) is 4.81. The smallest absolute Gasteiger partial charge is 0.163 e. The number of aryl methyl sites for hydroxylation is 2. The van der Waals surface area contributed by atoms with Crippen LogP contribution >= 0.6 is 0 Å². The average Bonchev–Trinajstić information content (AvgIpc) is 2.85. The number of benzene rings is 1. The predicted octanol–water partition coefficient (Wildman–Crippen LogP) is 2.77. The van der Waals surface area contributed by atoms with Gasteiger partial charge in [-0.05, 0) is 31.5 Å². The Kier molecular flexibility index (Phi) is 4.62. The van der Waals surface area contributed by atoms with Gasteiger partial charge in [0.15, 0.2) is 5.78 Å². The van der Waals surface area contributed by atoms with Gasteiger partial charge in [-0.2, -0.15) is 5.10 Å². The lowest BCUT2D eigenvalue weighted by molar-refractivity contribution is 0.101. The Morgan fingerprint density at radius 1 is 1.33 bits per heavy atom. The monoisotopic (exact) mass is 288 g/mol. The number of hydrogen-bond acceptors (Lipinski definition) is 4. The van der Waals surface area contributed by atoms with Crippen LogP contribution in [0, 0.1) is 0 Å². The fourth-order valence-electron chi connectivity index (χ4n) is 2.07.